The number of nitrogens with one attached hydrogen (secondary N) is 1. The van der Waals surface area contributed by atoms with Crippen molar-refractivity contribution < 1.29 is 14.6 Å². The molecule has 2 aromatic rings. The number of hydrogen-bond donors (Lipinski definition) is 2. The lowest BCUT2D eigenvalue weighted by Crippen LogP contribution is -2.55. The third-order valence-corrected chi connectivity index (χ3v) is 5.93. The molecule has 0 atom stereocenters. The number of carbonyl (C=O) groups excluding carboxylic acids is 1. The molecular weight excluding hydrogens is 352 g/mol. The van der Waals surface area contributed by atoms with E-state index in [9.17, 15) is 9.90 Å². The van der Waals surface area contributed by atoms with Gasteiger partial charge in [-0.1, -0.05) is 43.2 Å². The molecule has 0 aromatic heterocycles. The first kappa shape index (κ1) is 19.0. The number of ether oxygens (including phenoxy) is 1. The third kappa shape index (κ3) is 4.21. The Hall–Kier alpha value is -2.37. The Bertz CT molecular complexity index is 807. The van der Waals surface area contributed by atoms with Crippen LogP contribution in [-0.2, 0) is 4.74 Å². The SMILES string of the molecule is O=C(NC1(CN2CCOCC2)CCCC1)c1ccc(-c2ccccc2O)cc1. The number of phenols is 1. The number of morpholine rings is 1. The smallest absolute Gasteiger partial charge is 0.251 e. The molecule has 2 N–H and O–H groups in total. The molecule has 0 radical (unpaired) electrons. The quantitative estimate of drug-likeness (QED) is 0.834. The van der Waals surface area contributed by atoms with Crippen molar-refractivity contribution in [1.29, 1.82) is 0 Å². The monoisotopic (exact) mass is 380 g/mol. The van der Waals surface area contributed by atoms with E-state index in [-0.39, 0.29) is 17.2 Å². The number of para-hydroxylation sites is 1. The second-order valence-corrected chi connectivity index (χ2v) is 7.92. The molecular formula is C23H28N2O3. The molecule has 2 fully saturated rings. The second kappa shape index (κ2) is 8.33. The van der Waals surface area contributed by atoms with E-state index in [1.165, 1.54) is 0 Å². The summed E-state index contributed by atoms with van der Waals surface area (Å²) in [6.45, 7) is 4.33. The van der Waals surface area contributed by atoms with E-state index in [0.29, 0.717) is 5.56 Å². The summed E-state index contributed by atoms with van der Waals surface area (Å²) in [6.07, 6.45) is 4.39. The Morgan fingerprint density at radius 3 is 2.39 bits per heavy atom. The maximum Gasteiger partial charge on any atom is 0.251 e. The zero-order chi connectivity index (χ0) is 19.4. The van der Waals surface area contributed by atoms with Crippen molar-refractivity contribution in [2.45, 2.75) is 31.2 Å². The summed E-state index contributed by atoms with van der Waals surface area (Å²) in [5.41, 5.74) is 2.20. The van der Waals surface area contributed by atoms with Crippen LogP contribution in [0, 0.1) is 0 Å². The van der Waals surface area contributed by atoms with Crippen molar-refractivity contribution in [3.63, 3.8) is 0 Å². The summed E-state index contributed by atoms with van der Waals surface area (Å²) in [5, 5.41) is 13.4. The van der Waals surface area contributed by atoms with E-state index in [1.807, 2.05) is 36.4 Å². The van der Waals surface area contributed by atoms with E-state index in [2.05, 4.69) is 10.2 Å². The van der Waals surface area contributed by atoms with Crippen LogP contribution in [0.4, 0.5) is 0 Å². The van der Waals surface area contributed by atoms with Gasteiger partial charge in [-0.25, -0.2) is 0 Å². The summed E-state index contributed by atoms with van der Waals surface area (Å²) in [5.74, 6) is 0.231. The van der Waals surface area contributed by atoms with Gasteiger partial charge in [0.2, 0.25) is 0 Å². The molecule has 5 heteroatoms. The first-order valence-electron chi connectivity index (χ1n) is 10.2. The summed E-state index contributed by atoms with van der Waals surface area (Å²) in [6, 6.07) is 14.7. The predicted molar refractivity (Wildman–Crippen MR) is 109 cm³/mol. The van der Waals surface area contributed by atoms with Crippen molar-refractivity contribution in [3.8, 4) is 16.9 Å². The van der Waals surface area contributed by atoms with Crippen molar-refractivity contribution in [3.05, 3.63) is 54.1 Å². The molecule has 1 heterocycles. The molecule has 1 saturated heterocycles. The molecule has 1 aliphatic heterocycles. The average Bonchev–Trinajstić information content (AvgIpc) is 3.17. The second-order valence-electron chi connectivity index (χ2n) is 7.92. The highest BCUT2D eigenvalue weighted by Gasteiger charge is 2.37. The van der Waals surface area contributed by atoms with Gasteiger partial charge >= 0.3 is 0 Å². The molecule has 1 amide bonds. The van der Waals surface area contributed by atoms with Gasteiger partial charge in [-0.2, -0.15) is 0 Å². The predicted octanol–water partition coefficient (Wildman–Crippen LogP) is 3.43. The van der Waals surface area contributed by atoms with Gasteiger partial charge in [0.25, 0.3) is 5.91 Å². The van der Waals surface area contributed by atoms with Crippen LogP contribution in [0.3, 0.4) is 0 Å². The number of amides is 1. The molecule has 28 heavy (non-hydrogen) atoms. The van der Waals surface area contributed by atoms with Crippen LogP contribution in [0.5, 0.6) is 5.75 Å². The van der Waals surface area contributed by atoms with Gasteiger partial charge in [-0.05, 0) is 36.6 Å². The number of benzene rings is 2. The summed E-state index contributed by atoms with van der Waals surface area (Å²) in [7, 11) is 0. The minimum Gasteiger partial charge on any atom is -0.507 e. The van der Waals surface area contributed by atoms with Crippen molar-refractivity contribution >= 4 is 5.91 Å². The van der Waals surface area contributed by atoms with Crippen LogP contribution in [0.25, 0.3) is 11.1 Å². The number of nitrogens with zero attached hydrogens (tertiary/aromatic N) is 1. The van der Waals surface area contributed by atoms with Gasteiger partial charge in [0.1, 0.15) is 5.75 Å². The van der Waals surface area contributed by atoms with E-state index in [4.69, 9.17) is 4.74 Å². The third-order valence-electron chi connectivity index (χ3n) is 5.93. The molecule has 4 rings (SSSR count). The Morgan fingerprint density at radius 2 is 1.71 bits per heavy atom. The van der Waals surface area contributed by atoms with Crippen LogP contribution in [-0.4, -0.2) is 54.3 Å². The van der Waals surface area contributed by atoms with Crippen LogP contribution < -0.4 is 5.32 Å². The van der Waals surface area contributed by atoms with Gasteiger partial charge in [0, 0.05) is 30.8 Å². The first-order valence-corrected chi connectivity index (χ1v) is 10.2. The molecule has 2 aromatic carbocycles. The molecule has 5 nitrogen and oxygen atoms in total. The molecule has 2 aliphatic rings. The van der Waals surface area contributed by atoms with E-state index >= 15 is 0 Å². The van der Waals surface area contributed by atoms with E-state index in [1.54, 1.807) is 12.1 Å². The zero-order valence-electron chi connectivity index (χ0n) is 16.2. The molecule has 148 valence electrons. The normalized spacial score (nSPS) is 19.4. The fourth-order valence-corrected chi connectivity index (χ4v) is 4.39. The summed E-state index contributed by atoms with van der Waals surface area (Å²) < 4.78 is 5.46. The average molecular weight is 380 g/mol. The zero-order valence-corrected chi connectivity index (χ0v) is 16.2. The van der Waals surface area contributed by atoms with Gasteiger partial charge in [0.15, 0.2) is 0 Å². The van der Waals surface area contributed by atoms with Crippen LogP contribution in [0.15, 0.2) is 48.5 Å². The molecule has 1 saturated carbocycles. The molecule has 0 spiro atoms. The highest BCUT2D eigenvalue weighted by atomic mass is 16.5. The summed E-state index contributed by atoms with van der Waals surface area (Å²) in [4.78, 5) is 15.4. The Balaban J connectivity index is 1.46. The van der Waals surface area contributed by atoms with Crippen molar-refractivity contribution in [2.75, 3.05) is 32.8 Å². The molecule has 1 aliphatic carbocycles. The lowest BCUT2D eigenvalue weighted by molar-refractivity contribution is 0.0238. The topological polar surface area (TPSA) is 61.8 Å². The number of aromatic hydroxyl groups is 1. The van der Waals surface area contributed by atoms with Gasteiger partial charge < -0.3 is 15.2 Å². The minimum absolute atomic E-state index is 0.0148. The largest absolute Gasteiger partial charge is 0.507 e. The van der Waals surface area contributed by atoms with Crippen molar-refractivity contribution in [2.24, 2.45) is 0 Å². The van der Waals surface area contributed by atoms with Gasteiger partial charge in [0.05, 0.1) is 18.8 Å². The van der Waals surface area contributed by atoms with Crippen LogP contribution >= 0.6 is 0 Å². The maximum atomic E-state index is 13.0. The number of rotatable bonds is 5. The molecule has 0 bridgehead atoms. The lowest BCUT2D eigenvalue weighted by Gasteiger charge is -2.37. The van der Waals surface area contributed by atoms with Gasteiger partial charge in [-0.15, -0.1) is 0 Å². The maximum absolute atomic E-state index is 13.0. The standard InChI is InChI=1S/C23H28N2O3/c26-21-6-2-1-5-20(21)18-7-9-19(10-8-18)22(27)24-23(11-3-4-12-23)17-25-13-15-28-16-14-25/h1-2,5-10,26H,3-4,11-17H2,(H,24,27). The summed E-state index contributed by atoms with van der Waals surface area (Å²) >= 11 is 0. The van der Waals surface area contributed by atoms with Crippen LogP contribution in [0.1, 0.15) is 36.0 Å². The lowest BCUT2D eigenvalue weighted by atomic mass is 9.95. The van der Waals surface area contributed by atoms with E-state index in [0.717, 1.165) is 69.7 Å². The number of carbonyl (C=O) groups is 1. The van der Waals surface area contributed by atoms with Crippen LogP contribution in [0.2, 0.25) is 0 Å². The Morgan fingerprint density at radius 1 is 1.04 bits per heavy atom. The number of phenolic OH excluding ortho intramolecular Hbond substituents is 1. The first-order chi connectivity index (χ1) is 13.7. The Kier molecular flexibility index (Phi) is 5.64. The fourth-order valence-electron chi connectivity index (χ4n) is 4.39. The highest BCUT2D eigenvalue weighted by Crippen LogP contribution is 2.32. The van der Waals surface area contributed by atoms with E-state index < -0.39 is 0 Å². The molecule has 0 unspecified atom stereocenters. The minimum atomic E-state index is -0.134. The highest BCUT2D eigenvalue weighted by molar-refractivity contribution is 5.95. The van der Waals surface area contributed by atoms with Crippen molar-refractivity contribution in [1.82, 2.24) is 10.2 Å². The Labute approximate surface area is 166 Å². The fraction of sp³-hybridized carbons (Fsp3) is 0.435. The van der Waals surface area contributed by atoms with Gasteiger partial charge in [-0.3, -0.25) is 9.69 Å². The number of hydrogen-bond acceptors (Lipinski definition) is 4.